The van der Waals surface area contributed by atoms with Crippen molar-refractivity contribution in [3.05, 3.63) is 29.8 Å². The standard InChI is InChI=1S/C16H25N3O/c1-2-20-15-9-5-4-8-14(15)10-11-18-16(17)19-12-6-3-7-13-19/h4-5,8-9H,2-3,6-7,10-13H2,1H3,(H2,17,18). The van der Waals surface area contributed by atoms with E-state index >= 15 is 0 Å². The molecule has 4 heteroatoms. The van der Waals surface area contributed by atoms with Crippen molar-refractivity contribution in [2.45, 2.75) is 32.6 Å². The van der Waals surface area contributed by atoms with Gasteiger partial charge >= 0.3 is 0 Å². The van der Waals surface area contributed by atoms with E-state index in [1.165, 1.54) is 24.8 Å². The number of hydrogen-bond donors (Lipinski definition) is 1. The zero-order chi connectivity index (χ0) is 14.2. The Morgan fingerprint density at radius 3 is 2.75 bits per heavy atom. The lowest BCUT2D eigenvalue weighted by Gasteiger charge is -2.27. The summed E-state index contributed by atoms with van der Waals surface area (Å²) >= 11 is 0. The van der Waals surface area contributed by atoms with Gasteiger partial charge in [0.2, 0.25) is 0 Å². The number of aliphatic imine (C=N–C) groups is 1. The van der Waals surface area contributed by atoms with Crippen LogP contribution in [-0.4, -0.2) is 37.1 Å². The summed E-state index contributed by atoms with van der Waals surface area (Å²) in [5.41, 5.74) is 7.25. The fourth-order valence-electron chi connectivity index (χ4n) is 2.52. The number of para-hydroxylation sites is 1. The second-order valence-electron chi connectivity index (χ2n) is 5.08. The van der Waals surface area contributed by atoms with Crippen LogP contribution < -0.4 is 10.5 Å². The molecular weight excluding hydrogens is 250 g/mol. The molecule has 0 saturated carbocycles. The molecule has 0 unspecified atom stereocenters. The highest BCUT2D eigenvalue weighted by atomic mass is 16.5. The Hall–Kier alpha value is -1.71. The van der Waals surface area contributed by atoms with Gasteiger partial charge < -0.3 is 15.4 Å². The lowest BCUT2D eigenvalue weighted by Crippen LogP contribution is -2.41. The van der Waals surface area contributed by atoms with Crippen LogP contribution in [-0.2, 0) is 6.42 Å². The first-order chi connectivity index (χ1) is 9.81. The quantitative estimate of drug-likeness (QED) is 0.663. The average Bonchev–Trinajstić information content (AvgIpc) is 2.50. The van der Waals surface area contributed by atoms with Crippen molar-refractivity contribution in [1.82, 2.24) is 4.90 Å². The van der Waals surface area contributed by atoms with Crippen LogP contribution in [0.2, 0.25) is 0 Å². The van der Waals surface area contributed by atoms with Crippen LogP contribution in [0.25, 0.3) is 0 Å². The number of piperidine rings is 1. The van der Waals surface area contributed by atoms with Gasteiger partial charge in [0.25, 0.3) is 0 Å². The van der Waals surface area contributed by atoms with Crippen molar-refractivity contribution < 1.29 is 4.74 Å². The first-order valence-electron chi connectivity index (χ1n) is 7.57. The Balaban J connectivity index is 1.88. The zero-order valence-corrected chi connectivity index (χ0v) is 12.3. The molecule has 0 aliphatic carbocycles. The van der Waals surface area contributed by atoms with E-state index in [2.05, 4.69) is 16.0 Å². The Morgan fingerprint density at radius 1 is 1.25 bits per heavy atom. The number of likely N-dealkylation sites (tertiary alicyclic amines) is 1. The molecule has 1 heterocycles. The molecule has 0 aromatic heterocycles. The molecular formula is C16H25N3O. The molecule has 1 aliphatic heterocycles. The largest absolute Gasteiger partial charge is 0.494 e. The highest BCUT2D eigenvalue weighted by Gasteiger charge is 2.11. The molecule has 4 nitrogen and oxygen atoms in total. The summed E-state index contributed by atoms with van der Waals surface area (Å²) in [6.07, 6.45) is 4.63. The number of benzene rings is 1. The Labute approximate surface area is 121 Å². The van der Waals surface area contributed by atoms with Crippen molar-refractivity contribution >= 4 is 5.96 Å². The summed E-state index contributed by atoms with van der Waals surface area (Å²) in [4.78, 5) is 6.70. The van der Waals surface area contributed by atoms with Crippen LogP contribution in [0.4, 0.5) is 0 Å². The Kier molecular flexibility index (Phi) is 5.71. The van der Waals surface area contributed by atoms with Gasteiger partial charge in [-0.2, -0.15) is 0 Å². The third kappa shape index (κ3) is 4.15. The lowest BCUT2D eigenvalue weighted by molar-refractivity contribution is 0.335. The highest BCUT2D eigenvalue weighted by Crippen LogP contribution is 2.18. The van der Waals surface area contributed by atoms with Crippen molar-refractivity contribution in [3.8, 4) is 5.75 Å². The van der Waals surface area contributed by atoms with Gasteiger partial charge in [-0.15, -0.1) is 0 Å². The summed E-state index contributed by atoms with van der Waals surface area (Å²) in [6, 6.07) is 8.14. The maximum absolute atomic E-state index is 6.05. The third-order valence-electron chi connectivity index (χ3n) is 3.61. The maximum Gasteiger partial charge on any atom is 0.191 e. The molecule has 1 saturated heterocycles. The van der Waals surface area contributed by atoms with E-state index < -0.39 is 0 Å². The Bertz CT molecular complexity index is 439. The molecule has 1 fully saturated rings. The monoisotopic (exact) mass is 275 g/mol. The van der Waals surface area contributed by atoms with Gasteiger partial charge in [-0.1, -0.05) is 18.2 Å². The number of rotatable bonds is 5. The minimum Gasteiger partial charge on any atom is -0.494 e. The van der Waals surface area contributed by atoms with Gasteiger partial charge in [0, 0.05) is 19.6 Å². The number of hydrogen-bond acceptors (Lipinski definition) is 2. The normalized spacial score (nSPS) is 16.2. The fourth-order valence-corrected chi connectivity index (χ4v) is 2.52. The van der Waals surface area contributed by atoms with E-state index in [9.17, 15) is 0 Å². The minimum atomic E-state index is 0.691. The average molecular weight is 275 g/mol. The van der Waals surface area contributed by atoms with Crippen molar-refractivity contribution in [2.75, 3.05) is 26.2 Å². The van der Waals surface area contributed by atoms with E-state index in [0.717, 1.165) is 25.3 Å². The second kappa shape index (κ2) is 7.78. The molecule has 0 atom stereocenters. The number of nitrogens with zero attached hydrogens (tertiary/aromatic N) is 2. The van der Waals surface area contributed by atoms with E-state index in [1.807, 2.05) is 25.1 Å². The van der Waals surface area contributed by atoms with Crippen molar-refractivity contribution in [2.24, 2.45) is 10.7 Å². The second-order valence-corrected chi connectivity index (χ2v) is 5.08. The van der Waals surface area contributed by atoms with Crippen molar-refractivity contribution in [1.29, 1.82) is 0 Å². The fraction of sp³-hybridized carbons (Fsp3) is 0.562. The molecule has 1 aliphatic rings. The molecule has 20 heavy (non-hydrogen) atoms. The zero-order valence-electron chi connectivity index (χ0n) is 12.3. The Morgan fingerprint density at radius 2 is 2.00 bits per heavy atom. The smallest absolute Gasteiger partial charge is 0.191 e. The number of ether oxygens (including phenoxy) is 1. The van der Waals surface area contributed by atoms with Gasteiger partial charge in [-0.25, -0.2) is 0 Å². The van der Waals surface area contributed by atoms with Crippen molar-refractivity contribution in [3.63, 3.8) is 0 Å². The predicted octanol–water partition coefficient (Wildman–Crippen LogP) is 2.43. The van der Waals surface area contributed by atoms with Crippen LogP contribution in [0.5, 0.6) is 5.75 Å². The minimum absolute atomic E-state index is 0.691. The number of guanidine groups is 1. The molecule has 1 aromatic carbocycles. The summed E-state index contributed by atoms with van der Waals surface area (Å²) in [6.45, 7) is 5.50. The van der Waals surface area contributed by atoms with Gasteiger partial charge in [-0.3, -0.25) is 4.99 Å². The van der Waals surface area contributed by atoms with E-state index in [-0.39, 0.29) is 0 Å². The van der Waals surface area contributed by atoms with E-state index in [4.69, 9.17) is 10.5 Å². The van der Waals surface area contributed by atoms with Crippen LogP contribution in [0.1, 0.15) is 31.7 Å². The van der Waals surface area contributed by atoms with E-state index in [0.29, 0.717) is 19.1 Å². The lowest BCUT2D eigenvalue weighted by atomic mass is 10.1. The van der Waals surface area contributed by atoms with Gasteiger partial charge in [0.15, 0.2) is 5.96 Å². The van der Waals surface area contributed by atoms with E-state index in [1.54, 1.807) is 0 Å². The third-order valence-corrected chi connectivity index (χ3v) is 3.61. The first-order valence-corrected chi connectivity index (χ1v) is 7.57. The summed E-state index contributed by atoms with van der Waals surface area (Å²) in [7, 11) is 0. The van der Waals surface area contributed by atoms with Crippen LogP contribution >= 0.6 is 0 Å². The molecule has 0 radical (unpaired) electrons. The predicted molar refractivity (Wildman–Crippen MR) is 83.2 cm³/mol. The van der Waals surface area contributed by atoms with Gasteiger partial charge in [0.1, 0.15) is 5.75 Å². The van der Waals surface area contributed by atoms with Gasteiger partial charge in [-0.05, 0) is 44.2 Å². The highest BCUT2D eigenvalue weighted by molar-refractivity contribution is 5.78. The molecule has 2 rings (SSSR count). The van der Waals surface area contributed by atoms with Crippen LogP contribution in [0, 0.1) is 0 Å². The van der Waals surface area contributed by atoms with Crippen LogP contribution in [0.3, 0.4) is 0 Å². The topological polar surface area (TPSA) is 50.9 Å². The van der Waals surface area contributed by atoms with Gasteiger partial charge in [0.05, 0.1) is 6.61 Å². The summed E-state index contributed by atoms with van der Waals surface area (Å²) < 4.78 is 5.62. The molecule has 0 amide bonds. The maximum atomic E-state index is 6.05. The molecule has 0 spiro atoms. The molecule has 1 aromatic rings. The first kappa shape index (κ1) is 14.7. The number of nitrogens with two attached hydrogens (primary N) is 1. The molecule has 2 N–H and O–H groups in total. The molecule has 110 valence electrons. The van der Waals surface area contributed by atoms with Crippen LogP contribution in [0.15, 0.2) is 29.3 Å². The SMILES string of the molecule is CCOc1ccccc1CCN=C(N)N1CCCCC1. The molecule has 0 bridgehead atoms. The summed E-state index contributed by atoms with van der Waals surface area (Å²) in [5.74, 6) is 1.65. The summed E-state index contributed by atoms with van der Waals surface area (Å²) in [5, 5.41) is 0.